The highest BCUT2D eigenvalue weighted by Crippen LogP contribution is 2.14. The fourth-order valence-corrected chi connectivity index (χ4v) is 1.69. The zero-order valence-electron chi connectivity index (χ0n) is 11.2. The predicted molar refractivity (Wildman–Crippen MR) is 74.8 cm³/mol. The van der Waals surface area contributed by atoms with Gasteiger partial charge in [-0.15, -0.1) is 0 Å². The fraction of sp³-hybridized carbons (Fsp3) is 0.375. The Bertz CT molecular complexity index is 490. The monoisotopic (exact) mass is 254 g/mol. The van der Waals surface area contributed by atoms with Crippen LogP contribution in [0.5, 0.6) is 0 Å². The normalized spacial score (nSPS) is 9.42. The number of benzene rings is 1. The highest BCUT2D eigenvalue weighted by molar-refractivity contribution is 5.64. The summed E-state index contributed by atoms with van der Waals surface area (Å²) in [5.74, 6) is 0. The average Bonchev–Trinajstić information content (AvgIpc) is 2.45. The van der Waals surface area contributed by atoms with E-state index < -0.39 is 0 Å². The standard InChI is InChI=1S/C16H18N2O/c1-2-3-6-9-19-13-16-8-5-4-7-15(16)10-14(11-17)12-18/h4-5,7-8,10H,2-3,6,9,13H2,1H3. The van der Waals surface area contributed by atoms with Gasteiger partial charge < -0.3 is 4.74 Å². The van der Waals surface area contributed by atoms with E-state index in [0.29, 0.717) is 6.61 Å². The molecule has 3 nitrogen and oxygen atoms in total. The maximum Gasteiger partial charge on any atom is 0.130 e. The molecule has 0 aromatic heterocycles. The number of ether oxygens (including phenoxy) is 1. The van der Waals surface area contributed by atoms with Crippen molar-refractivity contribution < 1.29 is 4.74 Å². The Kier molecular flexibility index (Phi) is 7.02. The third-order valence-corrected chi connectivity index (χ3v) is 2.75. The van der Waals surface area contributed by atoms with Gasteiger partial charge in [0, 0.05) is 6.61 Å². The summed E-state index contributed by atoms with van der Waals surface area (Å²) in [5.41, 5.74) is 1.98. The summed E-state index contributed by atoms with van der Waals surface area (Å²) in [7, 11) is 0. The molecule has 0 N–H and O–H groups in total. The molecule has 0 aliphatic heterocycles. The summed E-state index contributed by atoms with van der Waals surface area (Å²) in [5, 5.41) is 17.6. The number of hydrogen-bond donors (Lipinski definition) is 0. The Balaban J connectivity index is 2.67. The molecule has 0 heterocycles. The van der Waals surface area contributed by atoms with Crippen molar-refractivity contribution in [1.82, 2.24) is 0 Å². The first-order chi connectivity index (χ1) is 9.31. The van der Waals surface area contributed by atoms with Gasteiger partial charge in [0.2, 0.25) is 0 Å². The quantitative estimate of drug-likeness (QED) is 0.549. The smallest absolute Gasteiger partial charge is 0.130 e. The van der Waals surface area contributed by atoms with Gasteiger partial charge in [-0.3, -0.25) is 0 Å². The van der Waals surface area contributed by atoms with Gasteiger partial charge in [0.1, 0.15) is 17.7 Å². The van der Waals surface area contributed by atoms with E-state index in [1.165, 1.54) is 12.8 Å². The summed E-state index contributed by atoms with van der Waals surface area (Å²) in [4.78, 5) is 0. The summed E-state index contributed by atoms with van der Waals surface area (Å²) >= 11 is 0. The number of hydrogen-bond acceptors (Lipinski definition) is 3. The van der Waals surface area contributed by atoms with Crippen molar-refractivity contribution in [3.63, 3.8) is 0 Å². The second kappa shape index (κ2) is 8.91. The molecule has 0 spiro atoms. The van der Waals surface area contributed by atoms with Crippen molar-refractivity contribution in [2.24, 2.45) is 0 Å². The lowest BCUT2D eigenvalue weighted by Crippen LogP contribution is -1.97. The molecule has 19 heavy (non-hydrogen) atoms. The van der Waals surface area contributed by atoms with Crippen molar-refractivity contribution in [1.29, 1.82) is 10.5 Å². The lowest BCUT2D eigenvalue weighted by Gasteiger charge is -2.07. The van der Waals surface area contributed by atoms with Gasteiger partial charge in [0.05, 0.1) is 6.61 Å². The molecule has 0 saturated carbocycles. The molecule has 1 aromatic rings. The SMILES string of the molecule is CCCCCOCc1ccccc1C=C(C#N)C#N. The van der Waals surface area contributed by atoms with Gasteiger partial charge in [-0.2, -0.15) is 10.5 Å². The molecule has 0 amide bonds. The van der Waals surface area contributed by atoms with Crippen LogP contribution in [0, 0.1) is 22.7 Å². The molecule has 0 aliphatic rings. The lowest BCUT2D eigenvalue weighted by molar-refractivity contribution is 0.117. The number of nitriles is 2. The molecule has 0 radical (unpaired) electrons. The van der Waals surface area contributed by atoms with Crippen LogP contribution >= 0.6 is 0 Å². The molecule has 3 heteroatoms. The van der Waals surface area contributed by atoms with E-state index in [1.54, 1.807) is 6.08 Å². The minimum absolute atomic E-state index is 0.110. The van der Waals surface area contributed by atoms with Crippen LogP contribution < -0.4 is 0 Å². The molecule has 0 aliphatic carbocycles. The maximum absolute atomic E-state index is 8.78. The third kappa shape index (κ3) is 5.38. The molecule has 0 fully saturated rings. The summed E-state index contributed by atoms with van der Waals surface area (Å²) in [6.45, 7) is 3.42. The van der Waals surface area contributed by atoms with Crippen molar-refractivity contribution >= 4 is 6.08 Å². The van der Waals surface area contributed by atoms with Crippen LogP contribution in [-0.4, -0.2) is 6.61 Å². The van der Waals surface area contributed by atoms with Crippen molar-refractivity contribution in [3.05, 3.63) is 41.0 Å². The molecule has 0 saturated heterocycles. The Morgan fingerprint density at radius 2 is 1.95 bits per heavy atom. The molecular weight excluding hydrogens is 236 g/mol. The average molecular weight is 254 g/mol. The number of rotatable bonds is 7. The first kappa shape index (κ1) is 15.0. The highest BCUT2D eigenvalue weighted by Gasteiger charge is 2.01. The van der Waals surface area contributed by atoms with Crippen LogP contribution in [0.2, 0.25) is 0 Å². The molecule has 98 valence electrons. The highest BCUT2D eigenvalue weighted by atomic mass is 16.5. The zero-order valence-corrected chi connectivity index (χ0v) is 11.2. The van der Waals surface area contributed by atoms with Gasteiger partial charge in [-0.05, 0) is 23.6 Å². The number of nitrogens with zero attached hydrogens (tertiary/aromatic N) is 2. The van der Waals surface area contributed by atoms with E-state index in [2.05, 4.69) is 6.92 Å². The van der Waals surface area contributed by atoms with E-state index in [0.717, 1.165) is 24.2 Å². The topological polar surface area (TPSA) is 56.8 Å². The van der Waals surface area contributed by atoms with Crippen LogP contribution in [0.4, 0.5) is 0 Å². The van der Waals surface area contributed by atoms with Crippen molar-refractivity contribution in [2.75, 3.05) is 6.61 Å². The second-order valence-corrected chi connectivity index (χ2v) is 4.24. The van der Waals surface area contributed by atoms with Gasteiger partial charge in [-0.1, -0.05) is 44.0 Å². The molecular formula is C16H18N2O. The van der Waals surface area contributed by atoms with Crippen LogP contribution in [-0.2, 0) is 11.3 Å². The summed E-state index contributed by atoms with van der Waals surface area (Å²) < 4.78 is 5.62. The minimum Gasteiger partial charge on any atom is -0.377 e. The van der Waals surface area contributed by atoms with E-state index in [4.69, 9.17) is 15.3 Å². The van der Waals surface area contributed by atoms with E-state index in [-0.39, 0.29) is 5.57 Å². The van der Waals surface area contributed by atoms with Crippen molar-refractivity contribution in [2.45, 2.75) is 32.8 Å². The molecule has 0 unspecified atom stereocenters. The first-order valence-electron chi connectivity index (χ1n) is 6.49. The fourth-order valence-electron chi connectivity index (χ4n) is 1.69. The Morgan fingerprint density at radius 3 is 2.63 bits per heavy atom. The predicted octanol–water partition coefficient (Wildman–Crippen LogP) is 3.82. The molecule has 0 atom stereocenters. The van der Waals surface area contributed by atoms with Gasteiger partial charge in [0.25, 0.3) is 0 Å². The largest absolute Gasteiger partial charge is 0.377 e. The van der Waals surface area contributed by atoms with Crippen LogP contribution in [0.25, 0.3) is 6.08 Å². The first-order valence-corrected chi connectivity index (χ1v) is 6.49. The second-order valence-electron chi connectivity index (χ2n) is 4.24. The molecule has 1 aromatic carbocycles. The van der Waals surface area contributed by atoms with Crippen LogP contribution in [0.15, 0.2) is 29.8 Å². The van der Waals surface area contributed by atoms with Gasteiger partial charge in [-0.25, -0.2) is 0 Å². The molecule has 1 rings (SSSR count). The van der Waals surface area contributed by atoms with Gasteiger partial charge >= 0.3 is 0 Å². The van der Waals surface area contributed by atoms with E-state index in [9.17, 15) is 0 Å². The Morgan fingerprint density at radius 1 is 1.21 bits per heavy atom. The minimum atomic E-state index is 0.110. The summed E-state index contributed by atoms with van der Waals surface area (Å²) in [6.07, 6.45) is 5.02. The Hall–Kier alpha value is -2.10. The van der Waals surface area contributed by atoms with Gasteiger partial charge in [0.15, 0.2) is 0 Å². The van der Waals surface area contributed by atoms with Crippen molar-refractivity contribution in [3.8, 4) is 12.1 Å². The number of allylic oxidation sites excluding steroid dienone is 1. The van der Waals surface area contributed by atoms with Crippen LogP contribution in [0.3, 0.4) is 0 Å². The van der Waals surface area contributed by atoms with E-state index in [1.807, 2.05) is 36.4 Å². The van der Waals surface area contributed by atoms with Crippen LogP contribution in [0.1, 0.15) is 37.3 Å². The molecule has 0 bridgehead atoms. The number of unbranched alkanes of at least 4 members (excludes halogenated alkanes) is 2. The van der Waals surface area contributed by atoms with E-state index >= 15 is 0 Å². The third-order valence-electron chi connectivity index (χ3n) is 2.75. The lowest BCUT2D eigenvalue weighted by atomic mass is 10.1. The maximum atomic E-state index is 8.78. The Labute approximate surface area is 114 Å². The summed E-state index contributed by atoms with van der Waals surface area (Å²) in [6, 6.07) is 11.4. The zero-order chi connectivity index (χ0) is 13.9.